The van der Waals surface area contributed by atoms with Crippen molar-refractivity contribution in [1.82, 2.24) is 4.90 Å². The van der Waals surface area contributed by atoms with Crippen LogP contribution in [0.1, 0.15) is 126 Å². The van der Waals surface area contributed by atoms with Gasteiger partial charge in [-0.15, -0.1) is 0 Å². The Morgan fingerprint density at radius 2 is 1.50 bits per heavy atom. The number of likely N-dealkylation sites (tertiary alicyclic amines) is 1. The zero-order chi connectivity index (χ0) is 27.5. The number of carbonyl (C=O) groups excluding carboxylic acids is 1. The minimum Gasteiger partial charge on any atom is -0.393 e. The number of hydrogen-bond acceptors (Lipinski definition) is 3. The number of aliphatic hydroxyl groups is 2. The summed E-state index contributed by atoms with van der Waals surface area (Å²) < 4.78 is 0. The molecule has 1 aliphatic heterocycles. The first-order valence-corrected chi connectivity index (χ1v) is 16.0. The summed E-state index contributed by atoms with van der Waals surface area (Å²) in [6.07, 6.45) is 12.3. The van der Waals surface area contributed by atoms with Crippen molar-refractivity contribution < 1.29 is 15.0 Å². The molecule has 1 unspecified atom stereocenters. The minimum atomic E-state index is -0.358. The highest BCUT2D eigenvalue weighted by molar-refractivity contribution is 5.87. The molecule has 2 N–H and O–H groups in total. The van der Waals surface area contributed by atoms with Crippen LogP contribution in [-0.2, 0) is 4.79 Å². The Bertz CT molecular complexity index is 1040. The van der Waals surface area contributed by atoms with Crippen molar-refractivity contribution in [3.8, 4) is 0 Å². The van der Waals surface area contributed by atoms with Gasteiger partial charge >= 0.3 is 0 Å². The summed E-state index contributed by atoms with van der Waals surface area (Å²) in [5.74, 6) is 1.58. The van der Waals surface area contributed by atoms with Gasteiger partial charge in [-0.2, -0.15) is 0 Å². The fourth-order valence-corrected chi connectivity index (χ4v) is 11.8. The van der Waals surface area contributed by atoms with E-state index in [0.29, 0.717) is 30.8 Å². The molecule has 4 nitrogen and oxygen atoms in total. The summed E-state index contributed by atoms with van der Waals surface area (Å²) in [5, 5.41) is 21.3. The van der Waals surface area contributed by atoms with Crippen molar-refractivity contribution in [1.29, 1.82) is 0 Å². The lowest BCUT2D eigenvalue weighted by molar-refractivity contribution is -0.204. The standard InChI is InChI=1S/C34H55NO3/c1-29(2)15-17-34(28(38)35-19-12-22(36)21-35)18-16-32(6)23(24(34)20-29)8-9-26-31(5)13-11-27(37)30(3,4)25(31)10-14-33(26,32)7/h22,25-27,36-37H,8-21H2,1-7H3/t22-,25+,26-,27?,31+,32-,33-,34+/m1/s1. The summed E-state index contributed by atoms with van der Waals surface area (Å²) in [6.45, 7) is 18.6. The van der Waals surface area contributed by atoms with Gasteiger partial charge in [0.25, 0.3) is 0 Å². The van der Waals surface area contributed by atoms with Gasteiger partial charge in [0.15, 0.2) is 0 Å². The minimum absolute atomic E-state index is 0.0181. The van der Waals surface area contributed by atoms with E-state index in [1.807, 2.05) is 4.90 Å². The van der Waals surface area contributed by atoms with Crippen LogP contribution in [0.15, 0.2) is 11.1 Å². The third kappa shape index (κ3) is 3.44. The van der Waals surface area contributed by atoms with E-state index >= 15 is 0 Å². The number of rotatable bonds is 1. The number of β-amino-alcohol motifs (C(OH)–C–C–N with tert-alkyl or cyclic N) is 1. The lowest BCUT2D eigenvalue weighted by Gasteiger charge is -2.71. The quantitative estimate of drug-likeness (QED) is 0.367. The van der Waals surface area contributed by atoms with Crippen LogP contribution >= 0.6 is 0 Å². The van der Waals surface area contributed by atoms with Crippen LogP contribution in [0, 0.1) is 44.3 Å². The van der Waals surface area contributed by atoms with Gasteiger partial charge in [0.1, 0.15) is 0 Å². The molecule has 0 aromatic rings. The Morgan fingerprint density at radius 1 is 0.789 bits per heavy atom. The third-order valence-corrected chi connectivity index (χ3v) is 14.4. The van der Waals surface area contributed by atoms with Gasteiger partial charge in [-0.3, -0.25) is 4.79 Å². The number of allylic oxidation sites excluding steroid dienone is 1. The molecule has 4 saturated carbocycles. The van der Waals surface area contributed by atoms with Crippen LogP contribution in [0.4, 0.5) is 0 Å². The van der Waals surface area contributed by atoms with E-state index < -0.39 is 0 Å². The van der Waals surface area contributed by atoms with Crippen LogP contribution in [0.25, 0.3) is 0 Å². The molecular weight excluding hydrogens is 470 g/mol. The van der Waals surface area contributed by atoms with E-state index in [1.54, 1.807) is 5.57 Å². The van der Waals surface area contributed by atoms with Gasteiger partial charge < -0.3 is 15.1 Å². The second-order valence-electron chi connectivity index (χ2n) is 16.9. The van der Waals surface area contributed by atoms with E-state index in [4.69, 9.17) is 0 Å². The lowest BCUT2D eigenvalue weighted by atomic mass is 9.34. The summed E-state index contributed by atoms with van der Waals surface area (Å²) in [6, 6.07) is 0. The first kappa shape index (κ1) is 27.3. The Kier molecular flexibility index (Phi) is 5.99. The Labute approximate surface area is 232 Å². The maximum absolute atomic E-state index is 14.4. The lowest BCUT2D eigenvalue weighted by Crippen LogP contribution is -2.64. The highest BCUT2D eigenvalue weighted by Gasteiger charge is 2.68. The number of nitrogens with zero attached hydrogens (tertiary/aromatic N) is 1. The molecule has 6 rings (SSSR count). The molecule has 5 aliphatic carbocycles. The van der Waals surface area contributed by atoms with Crippen molar-refractivity contribution in [2.45, 2.75) is 138 Å². The fraction of sp³-hybridized carbons (Fsp3) is 0.912. The first-order chi connectivity index (χ1) is 17.6. The topological polar surface area (TPSA) is 60.8 Å². The van der Waals surface area contributed by atoms with E-state index in [-0.39, 0.29) is 44.7 Å². The average molecular weight is 526 g/mol. The predicted molar refractivity (Wildman–Crippen MR) is 152 cm³/mol. The predicted octanol–water partition coefficient (Wildman–Crippen LogP) is 6.89. The van der Waals surface area contributed by atoms with Crippen LogP contribution in [-0.4, -0.2) is 46.3 Å². The molecule has 214 valence electrons. The van der Waals surface area contributed by atoms with Gasteiger partial charge in [0.2, 0.25) is 5.91 Å². The molecule has 0 spiro atoms. The second kappa shape index (κ2) is 8.34. The second-order valence-corrected chi connectivity index (χ2v) is 16.9. The summed E-state index contributed by atoms with van der Waals surface area (Å²) >= 11 is 0. The molecule has 1 amide bonds. The van der Waals surface area contributed by atoms with E-state index in [9.17, 15) is 15.0 Å². The molecule has 8 atom stereocenters. The summed E-state index contributed by atoms with van der Waals surface area (Å²) in [7, 11) is 0. The van der Waals surface area contributed by atoms with Crippen molar-refractivity contribution in [3.63, 3.8) is 0 Å². The summed E-state index contributed by atoms with van der Waals surface area (Å²) in [5.41, 5.74) is 3.72. The van der Waals surface area contributed by atoms with E-state index in [0.717, 1.165) is 57.8 Å². The monoisotopic (exact) mass is 525 g/mol. The number of carbonyl (C=O) groups is 1. The Morgan fingerprint density at radius 3 is 2.18 bits per heavy atom. The molecule has 0 radical (unpaired) electrons. The van der Waals surface area contributed by atoms with Crippen molar-refractivity contribution in [3.05, 3.63) is 11.1 Å². The summed E-state index contributed by atoms with van der Waals surface area (Å²) in [4.78, 5) is 16.4. The van der Waals surface area contributed by atoms with Crippen LogP contribution in [0.5, 0.6) is 0 Å². The molecule has 1 heterocycles. The van der Waals surface area contributed by atoms with Gasteiger partial charge in [-0.25, -0.2) is 0 Å². The third-order valence-electron chi connectivity index (χ3n) is 14.4. The van der Waals surface area contributed by atoms with Crippen LogP contribution in [0.3, 0.4) is 0 Å². The maximum Gasteiger partial charge on any atom is 0.232 e. The molecular formula is C34H55NO3. The first-order valence-electron chi connectivity index (χ1n) is 16.0. The van der Waals surface area contributed by atoms with Crippen LogP contribution < -0.4 is 0 Å². The van der Waals surface area contributed by atoms with Gasteiger partial charge in [0, 0.05) is 13.1 Å². The fourth-order valence-electron chi connectivity index (χ4n) is 11.8. The van der Waals surface area contributed by atoms with E-state index in [1.165, 1.54) is 24.8 Å². The zero-order valence-electron chi connectivity index (χ0n) is 25.5. The molecule has 1 saturated heterocycles. The maximum atomic E-state index is 14.4. The molecule has 0 bridgehead atoms. The molecule has 6 aliphatic rings. The number of fused-ring (bicyclic) bond motifs is 6. The Balaban J connectivity index is 1.43. The number of amides is 1. The normalized spacial score (nSPS) is 49.6. The molecule has 0 aromatic carbocycles. The van der Waals surface area contributed by atoms with Gasteiger partial charge in [-0.05, 0) is 116 Å². The Hall–Kier alpha value is -0.870. The molecule has 5 fully saturated rings. The molecule has 0 aromatic heterocycles. The highest BCUT2D eigenvalue weighted by Crippen LogP contribution is 2.75. The number of aliphatic hydroxyl groups excluding tert-OH is 2. The van der Waals surface area contributed by atoms with Crippen molar-refractivity contribution >= 4 is 5.91 Å². The van der Waals surface area contributed by atoms with Crippen molar-refractivity contribution in [2.24, 2.45) is 44.3 Å². The van der Waals surface area contributed by atoms with Gasteiger partial charge in [0.05, 0.1) is 17.6 Å². The molecule has 4 heteroatoms. The zero-order valence-corrected chi connectivity index (χ0v) is 25.5. The van der Waals surface area contributed by atoms with Crippen molar-refractivity contribution in [2.75, 3.05) is 13.1 Å². The van der Waals surface area contributed by atoms with E-state index in [2.05, 4.69) is 48.5 Å². The molecule has 38 heavy (non-hydrogen) atoms. The van der Waals surface area contributed by atoms with Crippen LogP contribution in [0.2, 0.25) is 0 Å². The SMILES string of the molecule is CC1(C)CC[C@]2(C(=O)N3CC[C@@H](O)C3)CC[C@]3(C)C(=C2C1)CC[C@@H]1[C@@]2(C)CCC(O)C(C)(C)[C@@H]2CC[C@]13C. The smallest absolute Gasteiger partial charge is 0.232 e. The average Bonchev–Trinajstić information content (AvgIpc) is 3.27. The largest absolute Gasteiger partial charge is 0.393 e. The highest BCUT2D eigenvalue weighted by atomic mass is 16.3. The van der Waals surface area contributed by atoms with Gasteiger partial charge in [-0.1, -0.05) is 59.6 Å². The number of hydrogen-bond donors (Lipinski definition) is 2.